The van der Waals surface area contributed by atoms with Crippen molar-refractivity contribution >= 4 is 34.1 Å². The quantitative estimate of drug-likeness (QED) is 0.835. The van der Waals surface area contributed by atoms with E-state index >= 15 is 0 Å². The van der Waals surface area contributed by atoms with Crippen LogP contribution in [0.4, 0.5) is 5.95 Å². The van der Waals surface area contributed by atoms with Gasteiger partial charge in [0.1, 0.15) is 0 Å². The molecule has 0 aliphatic rings. The summed E-state index contributed by atoms with van der Waals surface area (Å²) in [6.07, 6.45) is 2.53. The van der Waals surface area contributed by atoms with Gasteiger partial charge in [-0.3, -0.25) is 0 Å². The Morgan fingerprint density at radius 1 is 1.39 bits per heavy atom. The Kier molecular flexibility index (Phi) is 4.04. The van der Waals surface area contributed by atoms with Gasteiger partial charge in [0.05, 0.1) is 10.5 Å². The Morgan fingerprint density at radius 3 is 2.89 bits per heavy atom. The monoisotopic (exact) mass is 260 g/mol. The average Bonchev–Trinajstić information content (AvgIpc) is 2.39. The number of thiocarbonyl (C=S) groups is 1. The summed E-state index contributed by atoms with van der Waals surface area (Å²) in [5.41, 5.74) is 6.48. The summed E-state index contributed by atoms with van der Waals surface area (Å²) in [5.74, 6) is 0.729. The van der Waals surface area contributed by atoms with E-state index in [9.17, 15) is 0 Å². The molecule has 0 saturated carbocycles. The maximum atomic E-state index is 5.53. The first kappa shape index (κ1) is 12.7. The molecule has 0 spiro atoms. The van der Waals surface area contributed by atoms with Gasteiger partial charge in [-0.25, -0.2) is 9.97 Å². The number of benzene rings is 1. The summed E-state index contributed by atoms with van der Waals surface area (Å²) in [7, 11) is 0. The summed E-state index contributed by atoms with van der Waals surface area (Å²) in [5, 5.41) is 1.05. The molecule has 4 nitrogen and oxygen atoms in total. The molecule has 94 valence electrons. The molecule has 0 bridgehead atoms. The predicted octanol–water partition coefficient (Wildman–Crippen LogP) is 2.13. The number of aromatic nitrogens is 2. The van der Waals surface area contributed by atoms with E-state index in [2.05, 4.69) is 21.8 Å². The van der Waals surface area contributed by atoms with Gasteiger partial charge < -0.3 is 10.6 Å². The van der Waals surface area contributed by atoms with Crippen LogP contribution in [0.25, 0.3) is 10.9 Å². The van der Waals surface area contributed by atoms with Crippen molar-refractivity contribution in [3.63, 3.8) is 0 Å². The second-order valence-electron chi connectivity index (χ2n) is 4.02. The van der Waals surface area contributed by atoms with Crippen LogP contribution in [0.1, 0.15) is 13.3 Å². The van der Waals surface area contributed by atoms with Gasteiger partial charge in [0.15, 0.2) is 0 Å². The molecular formula is C13H16N4S. The van der Waals surface area contributed by atoms with Crippen LogP contribution in [-0.2, 0) is 0 Å². The van der Waals surface area contributed by atoms with Crippen LogP contribution < -0.4 is 10.6 Å². The Labute approximate surface area is 112 Å². The van der Waals surface area contributed by atoms with Gasteiger partial charge in [0.25, 0.3) is 0 Å². The molecule has 1 aromatic carbocycles. The van der Waals surface area contributed by atoms with E-state index in [1.165, 1.54) is 0 Å². The number of nitrogens with zero attached hydrogens (tertiary/aromatic N) is 3. The lowest BCUT2D eigenvalue weighted by molar-refractivity contribution is 0.802. The van der Waals surface area contributed by atoms with Gasteiger partial charge in [-0.05, 0) is 13.0 Å². The summed E-state index contributed by atoms with van der Waals surface area (Å²) < 4.78 is 0. The molecule has 0 aliphatic carbocycles. The fraction of sp³-hybridized carbons (Fsp3) is 0.308. The Hall–Kier alpha value is -1.75. The van der Waals surface area contributed by atoms with Crippen LogP contribution in [0.3, 0.4) is 0 Å². The molecule has 0 saturated heterocycles. The van der Waals surface area contributed by atoms with Gasteiger partial charge in [-0.15, -0.1) is 0 Å². The van der Waals surface area contributed by atoms with Crippen molar-refractivity contribution in [3.05, 3.63) is 30.5 Å². The lowest BCUT2D eigenvalue weighted by Gasteiger charge is -2.20. The molecule has 5 heteroatoms. The Morgan fingerprint density at radius 2 is 2.17 bits per heavy atom. The molecule has 2 N–H and O–H groups in total. The normalized spacial score (nSPS) is 10.5. The van der Waals surface area contributed by atoms with Crippen LogP contribution in [-0.4, -0.2) is 28.0 Å². The fourth-order valence-electron chi connectivity index (χ4n) is 1.76. The van der Waals surface area contributed by atoms with E-state index < -0.39 is 0 Å². The first-order chi connectivity index (χ1) is 8.70. The Bertz CT molecular complexity index is 555. The topological polar surface area (TPSA) is 55.0 Å². The van der Waals surface area contributed by atoms with Gasteiger partial charge in [0, 0.05) is 31.1 Å². The molecule has 1 aromatic heterocycles. The molecule has 0 unspecified atom stereocenters. The van der Waals surface area contributed by atoms with Crippen LogP contribution in [0.15, 0.2) is 30.5 Å². The SMILES string of the molecule is CCN(CCC(N)=S)c1ncc2ccccc2n1. The van der Waals surface area contributed by atoms with Crippen LogP contribution in [0.5, 0.6) is 0 Å². The molecule has 18 heavy (non-hydrogen) atoms. The number of hydrogen-bond donors (Lipinski definition) is 1. The van der Waals surface area contributed by atoms with Crippen molar-refractivity contribution in [2.45, 2.75) is 13.3 Å². The van der Waals surface area contributed by atoms with E-state index in [1.54, 1.807) is 0 Å². The van der Waals surface area contributed by atoms with Gasteiger partial charge >= 0.3 is 0 Å². The van der Waals surface area contributed by atoms with Crippen molar-refractivity contribution in [2.75, 3.05) is 18.0 Å². The lowest BCUT2D eigenvalue weighted by Crippen LogP contribution is -2.28. The van der Waals surface area contributed by atoms with Crippen LogP contribution >= 0.6 is 12.2 Å². The third-order valence-electron chi connectivity index (χ3n) is 2.77. The summed E-state index contributed by atoms with van der Waals surface area (Å²) in [6.45, 7) is 3.66. The van der Waals surface area contributed by atoms with Crippen molar-refractivity contribution in [1.82, 2.24) is 9.97 Å². The first-order valence-electron chi connectivity index (χ1n) is 5.95. The van der Waals surface area contributed by atoms with Gasteiger partial charge in [0.2, 0.25) is 5.95 Å². The van der Waals surface area contributed by atoms with E-state index in [0.717, 1.165) is 29.9 Å². The van der Waals surface area contributed by atoms with E-state index in [-0.39, 0.29) is 0 Å². The highest BCUT2D eigenvalue weighted by atomic mass is 32.1. The molecule has 0 amide bonds. The average molecular weight is 260 g/mol. The molecule has 2 rings (SSSR count). The zero-order valence-electron chi connectivity index (χ0n) is 10.3. The van der Waals surface area contributed by atoms with Crippen molar-refractivity contribution in [1.29, 1.82) is 0 Å². The fourth-order valence-corrected chi connectivity index (χ4v) is 1.85. The largest absolute Gasteiger partial charge is 0.393 e. The third kappa shape index (κ3) is 2.92. The zero-order chi connectivity index (χ0) is 13.0. The smallest absolute Gasteiger partial charge is 0.225 e. The van der Waals surface area contributed by atoms with Crippen molar-refractivity contribution in [3.8, 4) is 0 Å². The molecule has 0 aliphatic heterocycles. The van der Waals surface area contributed by atoms with Crippen LogP contribution in [0, 0.1) is 0 Å². The van der Waals surface area contributed by atoms with E-state index in [0.29, 0.717) is 11.4 Å². The highest BCUT2D eigenvalue weighted by Gasteiger charge is 2.08. The highest BCUT2D eigenvalue weighted by molar-refractivity contribution is 7.80. The van der Waals surface area contributed by atoms with Crippen molar-refractivity contribution in [2.24, 2.45) is 5.73 Å². The molecule has 2 aromatic rings. The zero-order valence-corrected chi connectivity index (χ0v) is 11.2. The summed E-state index contributed by atoms with van der Waals surface area (Å²) >= 11 is 4.90. The standard InChI is InChI=1S/C13H16N4S/c1-2-17(8-7-12(14)18)13-15-9-10-5-3-4-6-11(10)16-13/h3-6,9H,2,7-8H2,1H3,(H2,14,18). The van der Waals surface area contributed by atoms with Crippen molar-refractivity contribution < 1.29 is 0 Å². The Balaban J connectivity index is 2.24. The highest BCUT2D eigenvalue weighted by Crippen LogP contribution is 2.14. The van der Waals surface area contributed by atoms with Gasteiger partial charge in [-0.1, -0.05) is 30.4 Å². The third-order valence-corrected chi connectivity index (χ3v) is 2.97. The maximum Gasteiger partial charge on any atom is 0.225 e. The predicted molar refractivity (Wildman–Crippen MR) is 78.8 cm³/mol. The molecule has 1 heterocycles. The first-order valence-corrected chi connectivity index (χ1v) is 6.36. The minimum absolute atomic E-state index is 0.522. The number of para-hydroxylation sites is 1. The summed E-state index contributed by atoms with van der Waals surface area (Å²) in [4.78, 5) is 11.5. The molecule has 0 atom stereocenters. The second-order valence-corrected chi connectivity index (χ2v) is 4.55. The molecular weight excluding hydrogens is 244 g/mol. The summed E-state index contributed by atoms with van der Waals surface area (Å²) in [6, 6.07) is 7.95. The van der Waals surface area contributed by atoms with Crippen LogP contribution in [0.2, 0.25) is 0 Å². The number of fused-ring (bicyclic) bond motifs is 1. The molecule has 0 fully saturated rings. The number of rotatable bonds is 5. The lowest BCUT2D eigenvalue weighted by atomic mass is 10.2. The number of hydrogen-bond acceptors (Lipinski definition) is 4. The van der Waals surface area contributed by atoms with E-state index in [4.69, 9.17) is 18.0 Å². The second kappa shape index (κ2) is 5.73. The minimum atomic E-state index is 0.522. The van der Waals surface area contributed by atoms with E-state index in [1.807, 2.05) is 30.5 Å². The number of anilines is 1. The van der Waals surface area contributed by atoms with Gasteiger partial charge in [-0.2, -0.15) is 0 Å². The number of nitrogens with two attached hydrogens (primary N) is 1. The minimum Gasteiger partial charge on any atom is -0.393 e. The molecule has 0 radical (unpaired) electrons. The maximum absolute atomic E-state index is 5.53.